The van der Waals surface area contributed by atoms with E-state index in [2.05, 4.69) is 5.32 Å². The van der Waals surface area contributed by atoms with E-state index in [0.717, 1.165) is 11.1 Å². The fourth-order valence-electron chi connectivity index (χ4n) is 3.57. The van der Waals surface area contributed by atoms with E-state index in [0.29, 0.717) is 30.0 Å². The number of anilines is 2. The predicted octanol–water partition coefficient (Wildman–Crippen LogP) is 2.28. The molecular formula is C21H24N4O4. The van der Waals surface area contributed by atoms with Gasteiger partial charge in [-0.3, -0.25) is 14.5 Å². The van der Waals surface area contributed by atoms with Gasteiger partial charge in [0.05, 0.1) is 17.4 Å². The molecule has 2 aromatic carbocycles. The van der Waals surface area contributed by atoms with Crippen LogP contribution in [0.1, 0.15) is 24.2 Å². The lowest BCUT2D eigenvalue weighted by Gasteiger charge is -2.39. The van der Waals surface area contributed by atoms with Gasteiger partial charge < -0.3 is 21.1 Å². The summed E-state index contributed by atoms with van der Waals surface area (Å²) in [5.41, 5.74) is 8.58. The van der Waals surface area contributed by atoms with Gasteiger partial charge in [0.25, 0.3) is 5.91 Å². The van der Waals surface area contributed by atoms with E-state index in [1.807, 2.05) is 13.0 Å². The number of benzene rings is 2. The third kappa shape index (κ3) is 4.07. The van der Waals surface area contributed by atoms with Crippen molar-refractivity contribution in [2.45, 2.75) is 19.9 Å². The van der Waals surface area contributed by atoms with Crippen LogP contribution >= 0.6 is 0 Å². The van der Waals surface area contributed by atoms with Crippen LogP contribution < -0.4 is 20.9 Å². The van der Waals surface area contributed by atoms with Crippen LogP contribution in [0.4, 0.5) is 16.2 Å². The first-order valence-corrected chi connectivity index (χ1v) is 9.36. The number of carboxylic acid groups (broad SMARTS) is 1. The van der Waals surface area contributed by atoms with Crippen LogP contribution in [-0.2, 0) is 4.79 Å². The number of nitrogens with zero attached hydrogens (tertiary/aromatic N) is 2. The Hall–Kier alpha value is -3.39. The quantitative estimate of drug-likeness (QED) is 0.733. The molecule has 1 aliphatic rings. The van der Waals surface area contributed by atoms with Crippen molar-refractivity contribution in [3.8, 4) is 11.1 Å². The molecule has 0 unspecified atom stereocenters. The van der Waals surface area contributed by atoms with Gasteiger partial charge >= 0.3 is 6.09 Å². The highest BCUT2D eigenvalue weighted by molar-refractivity contribution is 6.03. The Kier molecular flexibility index (Phi) is 5.84. The second kappa shape index (κ2) is 8.32. The highest BCUT2D eigenvalue weighted by atomic mass is 16.4. The number of fused-ring (bicyclic) bond motifs is 1. The average molecular weight is 396 g/mol. The van der Waals surface area contributed by atoms with Gasteiger partial charge in [0.1, 0.15) is 0 Å². The molecule has 1 atom stereocenters. The van der Waals surface area contributed by atoms with Crippen molar-refractivity contribution in [1.82, 2.24) is 5.32 Å². The van der Waals surface area contributed by atoms with Crippen molar-refractivity contribution in [2.24, 2.45) is 5.73 Å². The zero-order chi connectivity index (χ0) is 21.1. The minimum Gasteiger partial charge on any atom is -0.465 e. The van der Waals surface area contributed by atoms with Gasteiger partial charge in [0, 0.05) is 32.1 Å². The second-order valence-corrected chi connectivity index (χ2v) is 6.96. The lowest BCUT2D eigenvalue weighted by atomic mass is 10.00. The normalized spacial score (nSPS) is 15.6. The molecule has 0 radical (unpaired) electrons. The molecule has 2 aromatic rings. The van der Waals surface area contributed by atoms with E-state index in [1.165, 1.54) is 11.8 Å². The number of hydrogen-bond acceptors (Lipinski definition) is 4. The summed E-state index contributed by atoms with van der Waals surface area (Å²) in [4.78, 5) is 38.7. The summed E-state index contributed by atoms with van der Waals surface area (Å²) in [6.07, 6.45) is -1.06. The van der Waals surface area contributed by atoms with Crippen LogP contribution in [0.15, 0.2) is 42.5 Å². The largest absolute Gasteiger partial charge is 0.465 e. The molecule has 0 bridgehead atoms. The molecule has 4 N–H and O–H groups in total. The molecule has 29 heavy (non-hydrogen) atoms. The Morgan fingerprint density at radius 3 is 2.34 bits per heavy atom. The molecule has 3 rings (SSSR count). The molecule has 0 spiro atoms. The zero-order valence-corrected chi connectivity index (χ0v) is 16.4. The topological polar surface area (TPSA) is 116 Å². The molecule has 0 aromatic heterocycles. The molecule has 0 fully saturated rings. The van der Waals surface area contributed by atoms with E-state index in [1.54, 1.807) is 41.3 Å². The molecule has 8 heteroatoms. The molecule has 1 heterocycles. The Morgan fingerprint density at radius 2 is 1.76 bits per heavy atom. The third-order valence-corrected chi connectivity index (χ3v) is 4.89. The first-order valence-electron chi connectivity index (χ1n) is 9.36. The number of carbonyl (C=O) groups excluding carboxylic acids is 2. The molecule has 1 aliphatic heterocycles. The van der Waals surface area contributed by atoms with Gasteiger partial charge in [-0.2, -0.15) is 0 Å². The van der Waals surface area contributed by atoms with Gasteiger partial charge in [-0.05, 0) is 42.3 Å². The smallest absolute Gasteiger partial charge is 0.411 e. The first-order chi connectivity index (χ1) is 13.8. The third-order valence-electron chi connectivity index (χ3n) is 4.89. The summed E-state index contributed by atoms with van der Waals surface area (Å²) in [6, 6.07) is 12.1. The van der Waals surface area contributed by atoms with Crippen molar-refractivity contribution in [3.63, 3.8) is 0 Å². The van der Waals surface area contributed by atoms with Crippen LogP contribution in [0.2, 0.25) is 0 Å². The molecular weight excluding hydrogens is 372 g/mol. The van der Waals surface area contributed by atoms with Crippen LogP contribution in [0.3, 0.4) is 0 Å². The van der Waals surface area contributed by atoms with Gasteiger partial charge in [-0.25, -0.2) is 4.79 Å². The Bertz CT molecular complexity index is 942. The van der Waals surface area contributed by atoms with E-state index < -0.39 is 6.09 Å². The predicted molar refractivity (Wildman–Crippen MR) is 111 cm³/mol. The summed E-state index contributed by atoms with van der Waals surface area (Å²) in [6.45, 7) is 4.27. The highest BCUT2D eigenvalue weighted by Crippen LogP contribution is 2.38. The minimum atomic E-state index is -1.06. The van der Waals surface area contributed by atoms with E-state index in [-0.39, 0.29) is 24.4 Å². The van der Waals surface area contributed by atoms with Crippen molar-refractivity contribution in [2.75, 3.05) is 29.4 Å². The standard InChI is InChI=1S/C21H24N4O4/c1-13-12-24(21(28)29)19-11-17(7-8-18(19)25(13)14(2)26)15-3-5-16(6-4-15)20(27)23-10-9-22/h3-8,11,13H,9-10,12,22H2,1-2H3,(H,23,27)(H,28,29)/t13-/m0/s1. The number of hydrogen-bond donors (Lipinski definition) is 3. The molecule has 0 saturated heterocycles. The Morgan fingerprint density at radius 1 is 1.10 bits per heavy atom. The maximum Gasteiger partial charge on any atom is 0.411 e. The second-order valence-electron chi connectivity index (χ2n) is 6.96. The molecule has 0 saturated carbocycles. The van der Waals surface area contributed by atoms with E-state index >= 15 is 0 Å². The van der Waals surface area contributed by atoms with E-state index in [4.69, 9.17) is 5.73 Å². The number of nitrogens with two attached hydrogens (primary N) is 1. The molecule has 3 amide bonds. The number of rotatable bonds is 4. The van der Waals surface area contributed by atoms with Crippen LogP contribution in [0, 0.1) is 0 Å². The number of nitrogens with one attached hydrogen (secondary N) is 1. The number of amides is 3. The van der Waals surface area contributed by atoms with Crippen molar-refractivity contribution >= 4 is 29.3 Å². The van der Waals surface area contributed by atoms with Crippen LogP contribution in [0.25, 0.3) is 11.1 Å². The SMILES string of the molecule is CC(=O)N1c2ccc(-c3ccc(C(=O)NCCN)cc3)cc2N(C(=O)O)C[C@@H]1C. The monoisotopic (exact) mass is 396 g/mol. The Balaban J connectivity index is 1.96. The van der Waals surface area contributed by atoms with Gasteiger partial charge in [-0.15, -0.1) is 0 Å². The summed E-state index contributed by atoms with van der Waals surface area (Å²) < 4.78 is 0. The van der Waals surface area contributed by atoms with Gasteiger partial charge in [0.15, 0.2) is 0 Å². The lowest BCUT2D eigenvalue weighted by molar-refractivity contribution is -0.117. The minimum absolute atomic E-state index is 0.135. The average Bonchev–Trinajstić information content (AvgIpc) is 2.70. The number of carbonyl (C=O) groups is 3. The van der Waals surface area contributed by atoms with Crippen LogP contribution in [0.5, 0.6) is 0 Å². The van der Waals surface area contributed by atoms with Crippen molar-refractivity contribution in [3.05, 3.63) is 48.0 Å². The van der Waals surface area contributed by atoms with E-state index in [9.17, 15) is 19.5 Å². The summed E-state index contributed by atoms with van der Waals surface area (Å²) in [7, 11) is 0. The summed E-state index contributed by atoms with van der Waals surface area (Å²) in [5.74, 6) is -0.333. The summed E-state index contributed by atoms with van der Waals surface area (Å²) >= 11 is 0. The van der Waals surface area contributed by atoms with Crippen LogP contribution in [-0.4, -0.2) is 48.7 Å². The lowest BCUT2D eigenvalue weighted by Crippen LogP contribution is -2.51. The maximum absolute atomic E-state index is 12.1. The van der Waals surface area contributed by atoms with Crippen molar-refractivity contribution < 1.29 is 19.5 Å². The maximum atomic E-state index is 12.1. The highest BCUT2D eigenvalue weighted by Gasteiger charge is 2.33. The molecule has 0 aliphatic carbocycles. The Labute approximate surface area is 168 Å². The fourth-order valence-corrected chi connectivity index (χ4v) is 3.57. The van der Waals surface area contributed by atoms with Gasteiger partial charge in [0.2, 0.25) is 5.91 Å². The van der Waals surface area contributed by atoms with Crippen molar-refractivity contribution in [1.29, 1.82) is 0 Å². The molecule has 8 nitrogen and oxygen atoms in total. The summed E-state index contributed by atoms with van der Waals surface area (Å²) in [5, 5.41) is 12.3. The fraction of sp³-hybridized carbons (Fsp3) is 0.286. The molecule has 152 valence electrons. The first kappa shape index (κ1) is 20.3. The van der Waals surface area contributed by atoms with Gasteiger partial charge in [-0.1, -0.05) is 18.2 Å². The zero-order valence-electron chi connectivity index (χ0n) is 16.4.